The zero-order chi connectivity index (χ0) is 12.0. The lowest BCUT2D eigenvalue weighted by Crippen LogP contribution is -2.47. The standard InChI is InChI=1S/C13H15ClN2O/c1-8-10(14)4-3-9-11(8)16-12(17)13(9)5-2-6-15-7-13/h3-4,15H,2,5-7H2,1H3,(H,16,17). The predicted octanol–water partition coefficient (Wildman–Crippen LogP) is 2.22. The third-order valence-corrected chi connectivity index (χ3v) is 4.38. The molecule has 0 aliphatic carbocycles. The Kier molecular flexibility index (Phi) is 2.42. The van der Waals surface area contributed by atoms with Crippen LogP contribution in [0.25, 0.3) is 0 Å². The van der Waals surface area contributed by atoms with E-state index in [1.807, 2.05) is 19.1 Å². The molecule has 1 atom stereocenters. The topological polar surface area (TPSA) is 41.1 Å². The second kappa shape index (κ2) is 3.72. The van der Waals surface area contributed by atoms with Crippen LogP contribution in [0.5, 0.6) is 0 Å². The zero-order valence-corrected chi connectivity index (χ0v) is 10.5. The first kappa shape index (κ1) is 11.1. The van der Waals surface area contributed by atoms with E-state index in [4.69, 9.17) is 11.6 Å². The first-order valence-electron chi connectivity index (χ1n) is 5.97. The summed E-state index contributed by atoms with van der Waals surface area (Å²) < 4.78 is 0. The van der Waals surface area contributed by atoms with Gasteiger partial charge in [-0.3, -0.25) is 4.79 Å². The number of hydrogen-bond donors (Lipinski definition) is 2. The minimum atomic E-state index is -0.372. The van der Waals surface area contributed by atoms with E-state index in [-0.39, 0.29) is 11.3 Å². The van der Waals surface area contributed by atoms with Crippen molar-refractivity contribution in [3.05, 3.63) is 28.3 Å². The van der Waals surface area contributed by atoms with Gasteiger partial charge in [0.25, 0.3) is 0 Å². The molecule has 1 unspecified atom stereocenters. The van der Waals surface area contributed by atoms with Crippen LogP contribution in [0.4, 0.5) is 5.69 Å². The van der Waals surface area contributed by atoms with Crippen molar-refractivity contribution in [2.24, 2.45) is 0 Å². The van der Waals surface area contributed by atoms with Crippen molar-refractivity contribution in [2.45, 2.75) is 25.2 Å². The maximum atomic E-state index is 12.3. The summed E-state index contributed by atoms with van der Waals surface area (Å²) in [5.74, 6) is 0.116. The monoisotopic (exact) mass is 250 g/mol. The van der Waals surface area contributed by atoms with E-state index in [9.17, 15) is 4.79 Å². The molecule has 0 radical (unpaired) electrons. The van der Waals surface area contributed by atoms with Crippen molar-refractivity contribution < 1.29 is 4.79 Å². The van der Waals surface area contributed by atoms with E-state index in [0.717, 1.165) is 42.7 Å². The van der Waals surface area contributed by atoms with Crippen molar-refractivity contribution in [3.63, 3.8) is 0 Å². The van der Waals surface area contributed by atoms with Gasteiger partial charge in [-0.05, 0) is 43.5 Å². The molecule has 1 aromatic carbocycles. The largest absolute Gasteiger partial charge is 0.325 e. The van der Waals surface area contributed by atoms with Crippen molar-refractivity contribution in [1.82, 2.24) is 5.32 Å². The molecule has 1 amide bonds. The van der Waals surface area contributed by atoms with Crippen molar-refractivity contribution in [2.75, 3.05) is 18.4 Å². The highest BCUT2D eigenvalue weighted by Gasteiger charge is 2.47. The van der Waals surface area contributed by atoms with Gasteiger partial charge in [0.2, 0.25) is 5.91 Å². The van der Waals surface area contributed by atoms with Gasteiger partial charge < -0.3 is 10.6 Å². The van der Waals surface area contributed by atoms with Crippen molar-refractivity contribution in [3.8, 4) is 0 Å². The molecule has 1 spiro atoms. The molecule has 2 N–H and O–H groups in total. The van der Waals surface area contributed by atoms with Gasteiger partial charge >= 0.3 is 0 Å². The van der Waals surface area contributed by atoms with Crippen LogP contribution in [0, 0.1) is 6.92 Å². The molecule has 17 heavy (non-hydrogen) atoms. The Hall–Kier alpha value is -1.06. The number of rotatable bonds is 0. The molecule has 2 aliphatic rings. The number of carbonyl (C=O) groups is 1. The molecule has 1 fully saturated rings. The molecule has 0 aromatic heterocycles. The van der Waals surface area contributed by atoms with Gasteiger partial charge in [0.05, 0.1) is 5.41 Å². The summed E-state index contributed by atoms with van der Waals surface area (Å²) in [7, 11) is 0. The lowest BCUT2D eigenvalue weighted by atomic mass is 9.75. The Balaban J connectivity index is 2.16. The number of fused-ring (bicyclic) bond motifs is 2. The maximum absolute atomic E-state index is 12.3. The second-order valence-electron chi connectivity index (χ2n) is 4.91. The van der Waals surface area contributed by atoms with E-state index in [0.29, 0.717) is 5.02 Å². The van der Waals surface area contributed by atoms with Crippen LogP contribution >= 0.6 is 11.6 Å². The zero-order valence-electron chi connectivity index (χ0n) is 9.77. The Morgan fingerprint density at radius 3 is 2.94 bits per heavy atom. The SMILES string of the molecule is Cc1c(Cl)ccc2c1NC(=O)C21CCCNC1. The predicted molar refractivity (Wildman–Crippen MR) is 68.6 cm³/mol. The molecule has 3 nitrogen and oxygen atoms in total. The summed E-state index contributed by atoms with van der Waals surface area (Å²) in [6.07, 6.45) is 1.95. The van der Waals surface area contributed by atoms with Crippen LogP contribution in [-0.4, -0.2) is 19.0 Å². The number of anilines is 1. The minimum absolute atomic E-state index is 0.116. The van der Waals surface area contributed by atoms with Gasteiger partial charge in [-0.25, -0.2) is 0 Å². The number of benzene rings is 1. The van der Waals surface area contributed by atoms with Crippen LogP contribution in [0.2, 0.25) is 5.02 Å². The Labute approximate surface area is 106 Å². The van der Waals surface area contributed by atoms with E-state index >= 15 is 0 Å². The number of nitrogens with one attached hydrogen (secondary N) is 2. The highest BCUT2D eigenvalue weighted by Crippen LogP contribution is 2.44. The Morgan fingerprint density at radius 1 is 1.41 bits per heavy atom. The number of carbonyl (C=O) groups excluding carboxylic acids is 1. The molecule has 90 valence electrons. The number of piperidine rings is 1. The summed E-state index contributed by atoms with van der Waals surface area (Å²) in [5, 5.41) is 7.05. The maximum Gasteiger partial charge on any atom is 0.236 e. The minimum Gasteiger partial charge on any atom is -0.325 e. The Morgan fingerprint density at radius 2 is 2.24 bits per heavy atom. The fourth-order valence-electron chi connectivity index (χ4n) is 2.93. The molecule has 1 saturated heterocycles. The van der Waals surface area contributed by atoms with Crippen LogP contribution in [0.15, 0.2) is 12.1 Å². The molecule has 1 aromatic rings. The average Bonchev–Trinajstić information content (AvgIpc) is 2.60. The lowest BCUT2D eigenvalue weighted by Gasteiger charge is -2.32. The number of halogens is 1. The fourth-order valence-corrected chi connectivity index (χ4v) is 3.09. The van der Waals surface area contributed by atoms with Gasteiger partial charge in [-0.2, -0.15) is 0 Å². The van der Waals surface area contributed by atoms with Gasteiger partial charge in [0.15, 0.2) is 0 Å². The quantitative estimate of drug-likeness (QED) is 0.741. The molecule has 4 heteroatoms. The van der Waals surface area contributed by atoms with Crippen LogP contribution in [-0.2, 0) is 10.2 Å². The average molecular weight is 251 g/mol. The third-order valence-electron chi connectivity index (χ3n) is 3.97. The number of amides is 1. The van der Waals surface area contributed by atoms with Crippen LogP contribution in [0.1, 0.15) is 24.0 Å². The van der Waals surface area contributed by atoms with Gasteiger partial charge in [-0.1, -0.05) is 17.7 Å². The normalized spacial score (nSPS) is 27.1. The van der Waals surface area contributed by atoms with Gasteiger partial charge in [0, 0.05) is 17.3 Å². The van der Waals surface area contributed by atoms with E-state index in [1.54, 1.807) is 0 Å². The van der Waals surface area contributed by atoms with Crippen LogP contribution in [0.3, 0.4) is 0 Å². The van der Waals surface area contributed by atoms with E-state index < -0.39 is 0 Å². The summed E-state index contributed by atoms with van der Waals surface area (Å²) in [4.78, 5) is 12.3. The first-order valence-corrected chi connectivity index (χ1v) is 6.35. The number of hydrogen-bond acceptors (Lipinski definition) is 2. The molecule has 2 heterocycles. The molecular formula is C13H15ClN2O. The summed E-state index contributed by atoms with van der Waals surface area (Å²) in [6.45, 7) is 3.68. The van der Waals surface area contributed by atoms with Gasteiger partial charge in [0.1, 0.15) is 0 Å². The molecule has 0 bridgehead atoms. The summed E-state index contributed by atoms with van der Waals surface area (Å²) >= 11 is 6.10. The van der Waals surface area contributed by atoms with E-state index in [1.165, 1.54) is 0 Å². The fraction of sp³-hybridized carbons (Fsp3) is 0.462. The van der Waals surface area contributed by atoms with Crippen molar-refractivity contribution in [1.29, 1.82) is 0 Å². The lowest BCUT2D eigenvalue weighted by molar-refractivity contribution is -0.121. The second-order valence-corrected chi connectivity index (χ2v) is 5.32. The summed E-state index contributed by atoms with van der Waals surface area (Å²) in [6, 6.07) is 3.89. The molecular weight excluding hydrogens is 236 g/mol. The van der Waals surface area contributed by atoms with E-state index in [2.05, 4.69) is 10.6 Å². The Bertz CT molecular complexity index is 492. The smallest absolute Gasteiger partial charge is 0.236 e. The third kappa shape index (κ3) is 1.42. The highest BCUT2D eigenvalue weighted by atomic mass is 35.5. The van der Waals surface area contributed by atoms with Gasteiger partial charge in [-0.15, -0.1) is 0 Å². The molecule has 2 aliphatic heterocycles. The highest BCUT2D eigenvalue weighted by molar-refractivity contribution is 6.32. The summed E-state index contributed by atoms with van der Waals surface area (Å²) in [5.41, 5.74) is 2.63. The first-order chi connectivity index (χ1) is 8.15. The molecule has 0 saturated carbocycles. The van der Waals surface area contributed by atoms with Crippen molar-refractivity contribution >= 4 is 23.2 Å². The van der Waals surface area contributed by atoms with Crippen LogP contribution < -0.4 is 10.6 Å². The molecule has 3 rings (SSSR count).